The van der Waals surface area contributed by atoms with Crippen molar-refractivity contribution >= 4 is 5.78 Å². The third kappa shape index (κ3) is 3.63. The number of hydrogen-bond acceptors (Lipinski definition) is 3. The second-order valence-corrected chi connectivity index (χ2v) is 4.89. The number of hydrogen-bond donors (Lipinski definition) is 0. The summed E-state index contributed by atoms with van der Waals surface area (Å²) in [5.41, 5.74) is 1.75. The van der Waals surface area contributed by atoms with Crippen LogP contribution in [0.2, 0.25) is 0 Å². The number of carbonyl (C=O) groups is 1. The molecule has 21 heavy (non-hydrogen) atoms. The van der Waals surface area contributed by atoms with E-state index in [0.717, 1.165) is 12.8 Å². The molecule has 3 nitrogen and oxygen atoms in total. The first-order valence-corrected chi connectivity index (χ1v) is 7.10. The van der Waals surface area contributed by atoms with Gasteiger partial charge in [0, 0.05) is 0 Å². The molecular formula is C18H20O3. The van der Waals surface area contributed by atoms with E-state index in [2.05, 4.69) is 6.92 Å². The summed E-state index contributed by atoms with van der Waals surface area (Å²) in [5, 5.41) is 0. The molecule has 2 aromatic rings. The van der Waals surface area contributed by atoms with Crippen molar-refractivity contribution in [1.82, 2.24) is 0 Å². The van der Waals surface area contributed by atoms with Gasteiger partial charge in [-0.15, -0.1) is 0 Å². The van der Waals surface area contributed by atoms with Crippen LogP contribution in [0.1, 0.15) is 36.2 Å². The van der Waals surface area contributed by atoms with Crippen molar-refractivity contribution in [3.63, 3.8) is 0 Å². The molecular weight excluding hydrogens is 264 g/mol. The number of Topliss-reactive ketones (excluding diaryl/α,β-unsaturated/α-hetero) is 1. The third-order valence-corrected chi connectivity index (χ3v) is 3.25. The minimum atomic E-state index is -0.0787. The summed E-state index contributed by atoms with van der Waals surface area (Å²) in [6, 6.07) is 13.3. The molecule has 0 aliphatic heterocycles. The number of benzene rings is 2. The number of ether oxygens (including phenoxy) is 2. The topological polar surface area (TPSA) is 35.5 Å². The minimum absolute atomic E-state index is 0.0787. The van der Waals surface area contributed by atoms with Gasteiger partial charge in [0.05, 0.1) is 7.11 Å². The number of ketones is 1. The zero-order chi connectivity index (χ0) is 15.2. The fourth-order valence-electron chi connectivity index (χ4n) is 2.25. The van der Waals surface area contributed by atoms with Crippen molar-refractivity contribution in [2.45, 2.75) is 26.7 Å². The first kappa shape index (κ1) is 15.1. The van der Waals surface area contributed by atoms with E-state index in [1.807, 2.05) is 30.3 Å². The van der Waals surface area contributed by atoms with Crippen LogP contribution in [0.5, 0.6) is 17.2 Å². The first-order valence-electron chi connectivity index (χ1n) is 7.10. The fourth-order valence-corrected chi connectivity index (χ4v) is 2.25. The molecule has 0 saturated carbocycles. The smallest absolute Gasteiger partial charge is 0.167 e. The lowest BCUT2D eigenvalue weighted by Crippen LogP contribution is -2.01. The maximum absolute atomic E-state index is 11.8. The highest BCUT2D eigenvalue weighted by Gasteiger charge is 2.15. The van der Waals surface area contributed by atoms with Crippen LogP contribution >= 0.6 is 0 Å². The maximum Gasteiger partial charge on any atom is 0.167 e. The second-order valence-electron chi connectivity index (χ2n) is 4.89. The molecule has 0 amide bonds. The molecule has 0 saturated heterocycles. The standard InChI is InChI=1S/C18H20O3/c1-4-6-14-9-11-15(12-10-14)21-17-8-5-7-16(20-3)18(17)13(2)19/h5,7-12H,4,6H2,1-3H3. The zero-order valence-corrected chi connectivity index (χ0v) is 12.7. The average molecular weight is 284 g/mol. The van der Waals surface area contributed by atoms with Gasteiger partial charge in [0.25, 0.3) is 0 Å². The molecule has 0 aliphatic carbocycles. The summed E-state index contributed by atoms with van der Waals surface area (Å²) in [6.07, 6.45) is 2.17. The number of carbonyl (C=O) groups excluding carboxylic acids is 1. The summed E-state index contributed by atoms with van der Waals surface area (Å²) in [6.45, 7) is 3.66. The van der Waals surface area contributed by atoms with Crippen LogP contribution in [0.15, 0.2) is 42.5 Å². The van der Waals surface area contributed by atoms with Crippen LogP contribution in [0.3, 0.4) is 0 Å². The van der Waals surface area contributed by atoms with Gasteiger partial charge in [-0.1, -0.05) is 31.5 Å². The zero-order valence-electron chi connectivity index (χ0n) is 12.7. The Morgan fingerprint density at radius 1 is 1.05 bits per heavy atom. The Kier molecular flexibility index (Phi) is 4.99. The van der Waals surface area contributed by atoms with E-state index in [0.29, 0.717) is 22.8 Å². The summed E-state index contributed by atoms with van der Waals surface area (Å²) < 4.78 is 11.1. The lowest BCUT2D eigenvalue weighted by Gasteiger charge is -2.13. The molecule has 0 bridgehead atoms. The normalized spacial score (nSPS) is 10.2. The molecule has 0 atom stereocenters. The highest BCUT2D eigenvalue weighted by molar-refractivity contribution is 5.99. The van der Waals surface area contributed by atoms with Gasteiger partial charge in [-0.05, 0) is 43.2 Å². The van der Waals surface area contributed by atoms with Crippen molar-refractivity contribution in [2.75, 3.05) is 7.11 Å². The van der Waals surface area contributed by atoms with Crippen LogP contribution in [-0.4, -0.2) is 12.9 Å². The number of methoxy groups -OCH3 is 1. The average Bonchev–Trinajstić information content (AvgIpc) is 2.49. The summed E-state index contributed by atoms with van der Waals surface area (Å²) in [4.78, 5) is 11.8. The Morgan fingerprint density at radius 2 is 1.71 bits per heavy atom. The summed E-state index contributed by atoms with van der Waals surface area (Å²) >= 11 is 0. The Hall–Kier alpha value is -2.29. The fraction of sp³-hybridized carbons (Fsp3) is 0.278. The second kappa shape index (κ2) is 6.93. The molecule has 110 valence electrons. The molecule has 0 fully saturated rings. The molecule has 2 rings (SSSR count). The maximum atomic E-state index is 11.8. The van der Waals surface area contributed by atoms with E-state index in [9.17, 15) is 4.79 Å². The number of aryl methyl sites for hydroxylation is 1. The summed E-state index contributed by atoms with van der Waals surface area (Å²) in [5.74, 6) is 1.68. The van der Waals surface area contributed by atoms with Crippen LogP contribution < -0.4 is 9.47 Å². The van der Waals surface area contributed by atoms with Crippen molar-refractivity contribution < 1.29 is 14.3 Å². The lowest BCUT2D eigenvalue weighted by molar-refractivity contribution is 0.101. The molecule has 0 heterocycles. The van der Waals surface area contributed by atoms with Crippen molar-refractivity contribution in [2.24, 2.45) is 0 Å². The van der Waals surface area contributed by atoms with Gasteiger partial charge in [0.15, 0.2) is 5.78 Å². The molecule has 2 aromatic carbocycles. The van der Waals surface area contributed by atoms with Gasteiger partial charge < -0.3 is 9.47 Å². The van der Waals surface area contributed by atoms with Crippen molar-refractivity contribution in [1.29, 1.82) is 0 Å². The monoisotopic (exact) mass is 284 g/mol. The van der Waals surface area contributed by atoms with E-state index in [1.165, 1.54) is 12.5 Å². The Bertz CT molecular complexity index is 615. The molecule has 0 unspecified atom stereocenters. The van der Waals surface area contributed by atoms with E-state index >= 15 is 0 Å². The molecule has 0 aliphatic rings. The van der Waals surface area contributed by atoms with E-state index in [-0.39, 0.29) is 5.78 Å². The lowest BCUT2D eigenvalue weighted by atomic mass is 10.1. The SMILES string of the molecule is CCCc1ccc(Oc2cccc(OC)c2C(C)=O)cc1. The van der Waals surface area contributed by atoms with E-state index < -0.39 is 0 Å². The quantitative estimate of drug-likeness (QED) is 0.725. The van der Waals surface area contributed by atoms with Crippen LogP contribution in [0.25, 0.3) is 0 Å². The molecule has 0 radical (unpaired) electrons. The van der Waals surface area contributed by atoms with Gasteiger partial charge in [-0.2, -0.15) is 0 Å². The van der Waals surface area contributed by atoms with Gasteiger partial charge in [0.2, 0.25) is 0 Å². The first-order chi connectivity index (χ1) is 10.2. The van der Waals surface area contributed by atoms with Gasteiger partial charge >= 0.3 is 0 Å². The van der Waals surface area contributed by atoms with Crippen LogP contribution in [0, 0.1) is 0 Å². The highest BCUT2D eigenvalue weighted by atomic mass is 16.5. The van der Waals surface area contributed by atoms with Crippen LogP contribution in [0.4, 0.5) is 0 Å². The van der Waals surface area contributed by atoms with Crippen molar-refractivity contribution in [3.8, 4) is 17.2 Å². The Balaban J connectivity index is 2.28. The summed E-state index contributed by atoms with van der Waals surface area (Å²) in [7, 11) is 1.55. The predicted molar refractivity (Wildman–Crippen MR) is 83.5 cm³/mol. The van der Waals surface area contributed by atoms with Gasteiger partial charge in [-0.25, -0.2) is 0 Å². The molecule has 0 N–H and O–H groups in total. The van der Waals surface area contributed by atoms with E-state index in [1.54, 1.807) is 19.2 Å². The van der Waals surface area contributed by atoms with Crippen molar-refractivity contribution in [3.05, 3.63) is 53.6 Å². The predicted octanol–water partition coefficient (Wildman–Crippen LogP) is 4.64. The van der Waals surface area contributed by atoms with E-state index in [4.69, 9.17) is 9.47 Å². The Morgan fingerprint density at radius 3 is 2.29 bits per heavy atom. The molecule has 0 spiro atoms. The minimum Gasteiger partial charge on any atom is -0.496 e. The molecule has 3 heteroatoms. The highest BCUT2D eigenvalue weighted by Crippen LogP contribution is 2.32. The molecule has 0 aromatic heterocycles. The van der Waals surface area contributed by atoms with Crippen LogP contribution in [-0.2, 0) is 6.42 Å². The number of rotatable bonds is 6. The largest absolute Gasteiger partial charge is 0.496 e. The van der Waals surface area contributed by atoms with Gasteiger partial charge in [0.1, 0.15) is 22.8 Å². The van der Waals surface area contributed by atoms with Gasteiger partial charge in [-0.3, -0.25) is 4.79 Å². The third-order valence-electron chi connectivity index (χ3n) is 3.25. The Labute approximate surface area is 125 Å².